The second-order valence-electron chi connectivity index (χ2n) is 7.04. The average Bonchev–Trinajstić information content (AvgIpc) is 3.54. The Morgan fingerprint density at radius 1 is 1.06 bits per heavy atom. The number of hydrogen-bond acceptors (Lipinski definition) is 11. The van der Waals surface area contributed by atoms with Gasteiger partial charge in [0, 0.05) is 5.56 Å². The molecule has 0 spiro atoms. The van der Waals surface area contributed by atoms with Crippen LogP contribution in [0.4, 0.5) is 11.0 Å². The van der Waals surface area contributed by atoms with Gasteiger partial charge in [-0.3, -0.25) is 14.9 Å². The maximum absolute atomic E-state index is 13.7. The maximum Gasteiger partial charge on any atom is 0.433 e. The summed E-state index contributed by atoms with van der Waals surface area (Å²) in [4.78, 5) is 28.5. The number of hydrazone groups is 1. The quantitative estimate of drug-likeness (QED) is 0.180. The van der Waals surface area contributed by atoms with E-state index in [0.717, 1.165) is 9.71 Å². The molecule has 186 valence electrons. The number of carbonyl (C=O) groups excluding carboxylic acids is 1. The third-order valence-corrected chi connectivity index (χ3v) is 5.96. The molecule has 4 rings (SSSR count). The number of rotatable bonds is 9. The van der Waals surface area contributed by atoms with E-state index in [9.17, 15) is 14.9 Å². The number of anilines is 1. The number of aromatic nitrogens is 1. The number of hydrogen-bond donors (Lipinski definition) is 0. The van der Waals surface area contributed by atoms with Crippen molar-refractivity contribution in [1.82, 2.24) is 4.98 Å². The normalized spacial score (nSPS) is 11.0. The number of nitro groups is 1. The van der Waals surface area contributed by atoms with E-state index >= 15 is 0 Å². The largest absolute Gasteiger partial charge is 0.497 e. The molecular formula is C23H20N4O8S. The van der Waals surface area contributed by atoms with Gasteiger partial charge in [-0.1, -0.05) is 11.3 Å². The van der Waals surface area contributed by atoms with Crippen molar-refractivity contribution in [3.05, 3.63) is 63.9 Å². The second kappa shape index (κ2) is 10.3. The topological polar surface area (TPSA) is 139 Å². The molecule has 0 fully saturated rings. The van der Waals surface area contributed by atoms with E-state index in [4.69, 9.17) is 23.4 Å². The summed E-state index contributed by atoms with van der Waals surface area (Å²) in [7, 11) is 5.88. The standard InChI is InChI=1S/C23H20N4O8S/c1-31-14-5-7-16-19(11-14)36-23(25-16)26(24-12-15-6-8-20(35-15)27(29)30)22(28)13-9-17(32-2)21(34-4)18(10-13)33-3/h5-12H,1-4H3/b24-12+. The zero-order valence-corrected chi connectivity index (χ0v) is 20.4. The second-order valence-corrected chi connectivity index (χ2v) is 8.05. The highest BCUT2D eigenvalue weighted by molar-refractivity contribution is 7.22. The summed E-state index contributed by atoms with van der Waals surface area (Å²) in [5, 5.41) is 16.5. The lowest BCUT2D eigenvalue weighted by atomic mass is 10.1. The number of carbonyl (C=O) groups is 1. The summed E-state index contributed by atoms with van der Waals surface area (Å²) in [6.45, 7) is 0. The number of ether oxygens (including phenoxy) is 4. The molecule has 12 nitrogen and oxygen atoms in total. The predicted molar refractivity (Wildman–Crippen MR) is 132 cm³/mol. The van der Waals surface area contributed by atoms with E-state index in [1.165, 1.54) is 63.1 Å². The third-order valence-electron chi connectivity index (χ3n) is 4.96. The summed E-state index contributed by atoms with van der Waals surface area (Å²) in [5.74, 6) is 0.559. The Morgan fingerprint density at radius 2 is 1.78 bits per heavy atom. The summed E-state index contributed by atoms with van der Waals surface area (Å²) in [5.41, 5.74) is 0.797. The van der Waals surface area contributed by atoms with Gasteiger partial charge >= 0.3 is 5.88 Å². The molecule has 0 saturated heterocycles. The van der Waals surface area contributed by atoms with Gasteiger partial charge in [-0.15, -0.1) is 0 Å². The molecule has 2 heterocycles. The van der Waals surface area contributed by atoms with E-state index in [1.54, 1.807) is 25.3 Å². The molecule has 0 unspecified atom stereocenters. The number of methoxy groups -OCH3 is 4. The Hall–Kier alpha value is -4.65. The number of amides is 1. The first-order chi connectivity index (χ1) is 17.4. The molecule has 0 saturated carbocycles. The molecule has 0 atom stereocenters. The van der Waals surface area contributed by atoms with Crippen LogP contribution in [0.2, 0.25) is 0 Å². The smallest absolute Gasteiger partial charge is 0.433 e. The zero-order chi connectivity index (χ0) is 25.8. The minimum atomic E-state index is -0.670. The summed E-state index contributed by atoms with van der Waals surface area (Å²) >= 11 is 1.20. The lowest BCUT2D eigenvalue weighted by Gasteiger charge is -2.17. The monoisotopic (exact) mass is 512 g/mol. The third kappa shape index (κ3) is 4.77. The van der Waals surface area contributed by atoms with Crippen LogP contribution in [0.25, 0.3) is 10.2 Å². The predicted octanol–water partition coefficient (Wildman–Crippen LogP) is 4.51. The summed E-state index contributed by atoms with van der Waals surface area (Å²) < 4.78 is 27.2. The molecule has 0 N–H and O–H groups in total. The molecule has 0 aliphatic rings. The number of benzene rings is 2. The van der Waals surface area contributed by atoms with Gasteiger partial charge in [-0.2, -0.15) is 10.1 Å². The Balaban J connectivity index is 1.80. The Kier molecular flexibility index (Phi) is 7.01. The zero-order valence-electron chi connectivity index (χ0n) is 19.6. The Bertz CT molecular complexity index is 1440. The Morgan fingerprint density at radius 3 is 2.36 bits per heavy atom. The molecule has 13 heteroatoms. The van der Waals surface area contributed by atoms with Crippen LogP contribution in [0, 0.1) is 10.1 Å². The van der Waals surface area contributed by atoms with Crippen molar-refractivity contribution in [1.29, 1.82) is 0 Å². The number of furan rings is 1. The number of fused-ring (bicyclic) bond motifs is 1. The van der Waals surface area contributed by atoms with Crippen LogP contribution in [-0.2, 0) is 0 Å². The lowest BCUT2D eigenvalue weighted by Crippen LogP contribution is -2.25. The van der Waals surface area contributed by atoms with Gasteiger partial charge in [0.2, 0.25) is 10.9 Å². The summed E-state index contributed by atoms with van der Waals surface area (Å²) in [6.07, 6.45) is 1.19. The van der Waals surface area contributed by atoms with E-state index in [-0.39, 0.29) is 28.0 Å². The van der Waals surface area contributed by atoms with Crippen LogP contribution >= 0.6 is 11.3 Å². The van der Waals surface area contributed by atoms with Crippen LogP contribution in [0.5, 0.6) is 23.0 Å². The van der Waals surface area contributed by atoms with Crippen molar-refractivity contribution < 1.29 is 33.1 Å². The molecular weight excluding hydrogens is 492 g/mol. The van der Waals surface area contributed by atoms with E-state index in [0.29, 0.717) is 17.0 Å². The SMILES string of the molecule is COc1ccc2nc(N(/N=C/c3ccc([N+](=O)[O-])o3)C(=O)c3cc(OC)c(OC)c(OC)c3)sc2c1. The van der Waals surface area contributed by atoms with E-state index < -0.39 is 16.7 Å². The summed E-state index contributed by atoms with van der Waals surface area (Å²) in [6, 6.07) is 10.8. The molecule has 1 amide bonds. The minimum absolute atomic E-state index is 0.0761. The fourth-order valence-electron chi connectivity index (χ4n) is 3.25. The van der Waals surface area contributed by atoms with Crippen molar-refractivity contribution >= 4 is 44.7 Å². The van der Waals surface area contributed by atoms with Gasteiger partial charge < -0.3 is 23.4 Å². The van der Waals surface area contributed by atoms with E-state index in [2.05, 4.69) is 10.1 Å². The number of thiazole rings is 1. The van der Waals surface area contributed by atoms with Gasteiger partial charge in [0.05, 0.1) is 50.9 Å². The Labute approximate surface area is 208 Å². The highest BCUT2D eigenvalue weighted by Gasteiger charge is 2.25. The molecule has 0 radical (unpaired) electrons. The van der Waals surface area contributed by atoms with Crippen LogP contribution in [0.3, 0.4) is 0 Å². The first-order valence-electron chi connectivity index (χ1n) is 10.3. The van der Waals surface area contributed by atoms with Crippen LogP contribution in [0.1, 0.15) is 16.1 Å². The fraction of sp³-hybridized carbons (Fsp3) is 0.174. The molecule has 4 aromatic rings. The van der Waals surface area contributed by atoms with Crippen molar-refractivity contribution in [2.24, 2.45) is 5.10 Å². The van der Waals surface area contributed by atoms with Gasteiger partial charge in [-0.05, 0) is 36.4 Å². The van der Waals surface area contributed by atoms with Gasteiger partial charge in [0.25, 0.3) is 5.91 Å². The maximum atomic E-state index is 13.7. The number of nitrogens with zero attached hydrogens (tertiary/aromatic N) is 4. The average molecular weight is 513 g/mol. The van der Waals surface area contributed by atoms with Crippen molar-refractivity contribution in [2.45, 2.75) is 0 Å². The molecule has 36 heavy (non-hydrogen) atoms. The highest BCUT2D eigenvalue weighted by atomic mass is 32.1. The first kappa shape index (κ1) is 24.5. The molecule has 2 aromatic heterocycles. The molecule has 2 aromatic carbocycles. The van der Waals surface area contributed by atoms with Crippen LogP contribution < -0.4 is 24.0 Å². The van der Waals surface area contributed by atoms with Crippen molar-refractivity contribution in [3.8, 4) is 23.0 Å². The van der Waals surface area contributed by atoms with E-state index in [1.807, 2.05) is 0 Å². The van der Waals surface area contributed by atoms with Gasteiger partial charge in [0.15, 0.2) is 17.3 Å². The van der Waals surface area contributed by atoms with Gasteiger partial charge in [-0.25, -0.2) is 4.98 Å². The highest BCUT2D eigenvalue weighted by Crippen LogP contribution is 2.39. The lowest BCUT2D eigenvalue weighted by molar-refractivity contribution is -0.402. The first-order valence-corrected chi connectivity index (χ1v) is 11.1. The van der Waals surface area contributed by atoms with Gasteiger partial charge in [0.1, 0.15) is 10.7 Å². The van der Waals surface area contributed by atoms with Crippen molar-refractivity contribution in [3.63, 3.8) is 0 Å². The fourth-order valence-corrected chi connectivity index (χ4v) is 4.20. The van der Waals surface area contributed by atoms with Crippen LogP contribution in [-0.4, -0.2) is 50.5 Å². The molecule has 0 aliphatic heterocycles. The van der Waals surface area contributed by atoms with Crippen molar-refractivity contribution in [2.75, 3.05) is 33.4 Å². The molecule has 0 aliphatic carbocycles. The minimum Gasteiger partial charge on any atom is -0.497 e. The molecule has 0 bridgehead atoms. The van der Waals surface area contributed by atoms with Crippen LogP contribution in [0.15, 0.2) is 52.0 Å².